The summed E-state index contributed by atoms with van der Waals surface area (Å²) in [6, 6.07) is 17.8. The van der Waals surface area contributed by atoms with E-state index in [4.69, 9.17) is 0 Å². The Morgan fingerprint density at radius 3 is 1.85 bits per heavy atom. The second kappa shape index (κ2) is 5.29. The van der Waals surface area contributed by atoms with Gasteiger partial charge in [-0.25, -0.2) is 8.42 Å². The molecule has 0 unspecified atom stereocenters. The van der Waals surface area contributed by atoms with E-state index in [9.17, 15) is 8.42 Å². The summed E-state index contributed by atoms with van der Waals surface area (Å²) in [7, 11) is -3.23. The van der Waals surface area contributed by atoms with Crippen LogP contribution < -0.4 is 4.72 Å². The molecule has 20 heavy (non-hydrogen) atoms. The quantitative estimate of drug-likeness (QED) is 0.938. The van der Waals surface area contributed by atoms with Crippen molar-refractivity contribution in [2.24, 2.45) is 0 Å². The van der Waals surface area contributed by atoms with Crippen LogP contribution >= 0.6 is 0 Å². The Labute approximate surface area is 120 Å². The van der Waals surface area contributed by atoms with Crippen LogP contribution in [0.2, 0.25) is 0 Å². The molecule has 0 bridgehead atoms. The first kappa shape index (κ1) is 14.6. The van der Waals surface area contributed by atoms with Gasteiger partial charge in [-0.2, -0.15) is 0 Å². The molecular weight excluding hydrogens is 270 g/mol. The summed E-state index contributed by atoms with van der Waals surface area (Å²) in [5.74, 6) is 0. The predicted molar refractivity (Wildman–Crippen MR) is 83.5 cm³/mol. The fourth-order valence-electron chi connectivity index (χ4n) is 2.19. The molecule has 1 N–H and O–H groups in total. The van der Waals surface area contributed by atoms with Gasteiger partial charge in [-0.3, -0.25) is 4.72 Å². The number of hydrogen-bond donors (Lipinski definition) is 1. The van der Waals surface area contributed by atoms with Gasteiger partial charge in [-0.15, -0.1) is 0 Å². The monoisotopic (exact) mass is 289 g/mol. The topological polar surface area (TPSA) is 46.2 Å². The summed E-state index contributed by atoms with van der Waals surface area (Å²) < 4.78 is 24.9. The molecule has 106 valence electrons. The highest BCUT2D eigenvalue weighted by atomic mass is 32.2. The number of anilines is 1. The van der Waals surface area contributed by atoms with Crippen LogP contribution in [-0.2, 0) is 15.4 Å². The third-order valence-corrected chi connectivity index (χ3v) is 4.01. The lowest BCUT2D eigenvalue weighted by atomic mass is 9.78. The SMILES string of the molecule is CC(C)(c1ccccc1)c1ccc(NS(C)(=O)=O)cc1. The Morgan fingerprint density at radius 2 is 1.35 bits per heavy atom. The zero-order valence-corrected chi connectivity index (χ0v) is 12.7. The molecule has 0 spiro atoms. The average molecular weight is 289 g/mol. The van der Waals surface area contributed by atoms with Crippen molar-refractivity contribution in [2.45, 2.75) is 19.3 Å². The van der Waals surface area contributed by atoms with Gasteiger partial charge in [-0.1, -0.05) is 56.3 Å². The summed E-state index contributed by atoms with van der Waals surface area (Å²) in [6.45, 7) is 4.31. The molecule has 0 aliphatic heterocycles. The van der Waals surface area contributed by atoms with Crippen LogP contribution in [0.5, 0.6) is 0 Å². The van der Waals surface area contributed by atoms with Crippen molar-refractivity contribution in [3.63, 3.8) is 0 Å². The van der Waals surface area contributed by atoms with Crippen molar-refractivity contribution in [3.8, 4) is 0 Å². The molecule has 0 saturated heterocycles. The standard InChI is InChI=1S/C16H19NO2S/c1-16(2,13-7-5-4-6-8-13)14-9-11-15(12-10-14)17-20(3,18)19/h4-12,17H,1-3H3. The summed E-state index contributed by atoms with van der Waals surface area (Å²) >= 11 is 0. The first-order valence-corrected chi connectivity index (χ1v) is 8.32. The Hall–Kier alpha value is -1.81. The minimum atomic E-state index is -3.23. The molecule has 0 aliphatic carbocycles. The van der Waals surface area contributed by atoms with Gasteiger partial charge in [-0.05, 0) is 23.3 Å². The minimum Gasteiger partial charge on any atom is -0.284 e. The lowest BCUT2D eigenvalue weighted by molar-refractivity contribution is 0.607. The summed E-state index contributed by atoms with van der Waals surface area (Å²) in [6.07, 6.45) is 1.15. The molecule has 2 rings (SSSR count). The molecule has 0 heterocycles. The van der Waals surface area contributed by atoms with E-state index < -0.39 is 10.0 Å². The van der Waals surface area contributed by atoms with Gasteiger partial charge in [0.2, 0.25) is 10.0 Å². The van der Waals surface area contributed by atoms with Crippen molar-refractivity contribution in [3.05, 3.63) is 65.7 Å². The lowest BCUT2D eigenvalue weighted by Gasteiger charge is -2.26. The first-order valence-electron chi connectivity index (χ1n) is 6.43. The van der Waals surface area contributed by atoms with Crippen molar-refractivity contribution < 1.29 is 8.42 Å². The van der Waals surface area contributed by atoms with Gasteiger partial charge >= 0.3 is 0 Å². The Bertz CT molecular complexity index is 674. The molecule has 0 atom stereocenters. The Balaban J connectivity index is 2.30. The van der Waals surface area contributed by atoms with Gasteiger partial charge in [0, 0.05) is 11.1 Å². The van der Waals surface area contributed by atoms with Crippen molar-refractivity contribution in [1.82, 2.24) is 0 Å². The molecule has 0 saturated carbocycles. The largest absolute Gasteiger partial charge is 0.284 e. The van der Waals surface area contributed by atoms with Gasteiger partial charge in [0.25, 0.3) is 0 Å². The highest BCUT2D eigenvalue weighted by Gasteiger charge is 2.22. The number of nitrogens with one attached hydrogen (secondary N) is 1. The van der Waals surface area contributed by atoms with E-state index in [1.165, 1.54) is 5.56 Å². The van der Waals surface area contributed by atoms with Crippen LogP contribution in [0.1, 0.15) is 25.0 Å². The van der Waals surface area contributed by atoms with E-state index in [1.807, 2.05) is 30.3 Å². The number of rotatable bonds is 4. The lowest BCUT2D eigenvalue weighted by Crippen LogP contribution is -2.18. The first-order chi connectivity index (χ1) is 9.29. The Morgan fingerprint density at radius 1 is 0.850 bits per heavy atom. The maximum absolute atomic E-state index is 11.2. The second-order valence-corrected chi connectivity index (χ2v) is 7.19. The summed E-state index contributed by atoms with van der Waals surface area (Å²) in [5, 5.41) is 0. The van der Waals surface area contributed by atoms with Crippen LogP contribution in [0.25, 0.3) is 0 Å². The number of benzene rings is 2. The van der Waals surface area contributed by atoms with Gasteiger partial charge in [0.15, 0.2) is 0 Å². The highest BCUT2D eigenvalue weighted by Crippen LogP contribution is 2.31. The molecule has 0 fully saturated rings. The maximum atomic E-state index is 11.2. The van der Waals surface area contributed by atoms with Gasteiger partial charge in [0.05, 0.1) is 6.26 Å². The summed E-state index contributed by atoms with van der Waals surface area (Å²) in [4.78, 5) is 0. The third-order valence-electron chi connectivity index (χ3n) is 3.41. The van der Waals surface area contributed by atoms with E-state index in [2.05, 4.69) is 30.7 Å². The fourth-order valence-corrected chi connectivity index (χ4v) is 2.75. The smallest absolute Gasteiger partial charge is 0.229 e. The van der Waals surface area contributed by atoms with Gasteiger partial charge in [0.1, 0.15) is 0 Å². The van der Waals surface area contributed by atoms with E-state index in [0.717, 1.165) is 11.8 Å². The highest BCUT2D eigenvalue weighted by molar-refractivity contribution is 7.92. The minimum absolute atomic E-state index is 0.120. The van der Waals surface area contributed by atoms with E-state index in [-0.39, 0.29) is 5.41 Å². The van der Waals surface area contributed by atoms with Gasteiger partial charge < -0.3 is 0 Å². The molecular formula is C16H19NO2S. The maximum Gasteiger partial charge on any atom is 0.229 e. The molecule has 0 radical (unpaired) electrons. The van der Waals surface area contributed by atoms with Crippen LogP contribution in [0, 0.1) is 0 Å². The number of sulfonamides is 1. The second-order valence-electron chi connectivity index (χ2n) is 5.44. The normalized spacial score (nSPS) is 12.2. The predicted octanol–water partition coefficient (Wildman–Crippen LogP) is 3.38. The molecule has 0 amide bonds. The zero-order chi connectivity index (χ0) is 14.8. The van der Waals surface area contributed by atoms with E-state index >= 15 is 0 Å². The third kappa shape index (κ3) is 3.39. The van der Waals surface area contributed by atoms with Crippen LogP contribution in [0.3, 0.4) is 0 Å². The molecule has 2 aromatic carbocycles. The van der Waals surface area contributed by atoms with E-state index in [1.54, 1.807) is 12.1 Å². The number of hydrogen-bond acceptors (Lipinski definition) is 2. The molecule has 3 nitrogen and oxygen atoms in total. The summed E-state index contributed by atoms with van der Waals surface area (Å²) in [5.41, 5.74) is 2.83. The molecule has 0 aromatic heterocycles. The average Bonchev–Trinajstić information content (AvgIpc) is 2.38. The Kier molecular flexibility index (Phi) is 3.86. The molecule has 2 aromatic rings. The van der Waals surface area contributed by atoms with Crippen molar-refractivity contribution in [1.29, 1.82) is 0 Å². The molecule has 0 aliphatic rings. The zero-order valence-electron chi connectivity index (χ0n) is 11.9. The van der Waals surface area contributed by atoms with E-state index in [0.29, 0.717) is 5.69 Å². The molecule has 4 heteroatoms. The fraction of sp³-hybridized carbons (Fsp3) is 0.250. The van der Waals surface area contributed by atoms with Crippen molar-refractivity contribution in [2.75, 3.05) is 11.0 Å². The van der Waals surface area contributed by atoms with Crippen LogP contribution in [0.15, 0.2) is 54.6 Å². The van der Waals surface area contributed by atoms with Crippen LogP contribution in [-0.4, -0.2) is 14.7 Å². The van der Waals surface area contributed by atoms with Crippen LogP contribution in [0.4, 0.5) is 5.69 Å². The van der Waals surface area contributed by atoms with Crippen molar-refractivity contribution >= 4 is 15.7 Å².